The number of halogens is 1. The predicted molar refractivity (Wildman–Crippen MR) is 123 cm³/mol. The lowest BCUT2D eigenvalue weighted by Gasteiger charge is -2.09. The highest BCUT2D eigenvalue weighted by molar-refractivity contribution is 6.31. The normalized spacial score (nSPS) is 11.4. The standard InChI is InChI=1S/C24H16ClN5/c25-19-10-11-20-22(13-19)28-24(29-23(20)17-6-2-1-3-7-17)30-27-15-16-12-18-8-4-5-9-21(18)26-14-16/h1-15H,(H,28,29,30)/b27-15+. The van der Waals surface area contributed by atoms with E-state index in [4.69, 9.17) is 11.6 Å². The molecule has 1 N–H and O–H groups in total. The number of hydrogen-bond acceptors (Lipinski definition) is 5. The van der Waals surface area contributed by atoms with Crippen LogP contribution >= 0.6 is 11.6 Å². The summed E-state index contributed by atoms with van der Waals surface area (Å²) >= 11 is 6.18. The first-order chi connectivity index (χ1) is 14.8. The highest BCUT2D eigenvalue weighted by atomic mass is 35.5. The molecule has 0 aliphatic heterocycles. The van der Waals surface area contributed by atoms with Crippen molar-refractivity contribution in [1.82, 2.24) is 15.0 Å². The van der Waals surface area contributed by atoms with Gasteiger partial charge in [0.1, 0.15) is 0 Å². The minimum absolute atomic E-state index is 0.397. The van der Waals surface area contributed by atoms with Crippen LogP contribution in [0.3, 0.4) is 0 Å². The van der Waals surface area contributed by atoms with Crippen LogP contribution in [0.25, 0.3) is 33.1 Å². The van der Waals surface area contributed by atoms with Crippen molar-refractivity contribution >= 4 is 45.6 Å². The third-order valence-electron chi connectivity index (χ3n) is 4.70. The van der Waals surface area contributed by atoms with E-state index in [2.05, 4.69) is 25.5 Å². The van der Waals surface area contributed by atoms with Crippen molar-refractivity contribution in [2.24, 2.45) is 5.10 Å². The van der Waals surface area contributed by atoms with Crippen molar-refractivity contribution in [2.45, 2.75) is 0 Å². The van der Waals surface area contributed by atoms with Gasteiger partial charge in [-0.3, -0.25) is 4.98 Å². The summed E-state index contributed by atoms with van der Waals surface area (Å²) in [4.78, 5) is 13.7. The summed E-state index contributed by atoms with van der Waals surface area (Å²) in [7, 11) is 0. The van der Waals surface area contributed by atoms with E-state index < -0.39 is 0 Å². The summed E-state index contributed by atoms with van der Waals surface area (Å²) in [6, 6.07) is 25.6. The molecule has 3 aromatic carbocycles. The van der Waals surface area contributed by atoms with Gasteiger partial charge in [-0.05, 0) is 30.3 Å². The molecule has 0 spiro atoms. The van der Waals surface area contributed by atoms with Crippen LogP contribution in [0.5, 0.6) is 0 Å². The van der Waals surface area contributed by atoms with Gasteiger partial charge in [-0.2, -0.15) is 5.10 Å². The molecule has 5 aromatic rings. The number of rotatable bonds is 4. The topological polar surface area (TPSA) is 63.1 Å². The fourth-order valence-corrected chi connectivity index (χ4v) is 3.46. The Kier molecular flexibility index (Phi) is 4.79. The molecule has 0 amide bonds. The molecule has 5 nitrogen and oxygen atoms in total. The van der Waals surface area contributed by atoms with Gasteiger partial charge in [0, 0.05) is 33.1 Å². The number of hydrazone groups is 1. The van der Waals surface area contributed by atoms with E-state index in [9.17, 15) is 0 Å². The van der Waals surface area contributed by atoms with Gasteiger partial charge in [-0.25, -0.2) is 15.4 Å². The Morgan fingerprint density at radius 1 is 0.833 bits per heavy atom. The van der Waals surface area contributed by atoms with E-state index in [0.29, 0.717) is 11.0 Å². The van der Waals surface area contributed by atoms with Gasteiger partial charge in [0.25, 0.3) is 0 Å². The highest BCUT2D eigenvalue weighted by Crippen LogP contribution is 2.29. The van der Waals surface area contributed by atoms with Crippen LogP contribution in [0.1, 0.15) is 5.56 Å². The molecular weight excluding hydrogens is 394 g/mol. The summed E-state index contributed by atoms with van der Waals surface area (Å²) < 4.78 is 0. The predicted octanol–water partition coefficient (Wildman–Crippen LogP) is 5.94. The lowest BCUT2D eigenvalue weighted by molar-refractivity contribution is 1.16. The molecule has 0 saturated heterocycles. The van der Waals surface area contributed by atoms with Gasteiger partial charge < -0.3 is 0 Å². The first-order valence-corrected chi connectivity index (χ1v) is 9.81. The summed E-state index contributed by atoms with van der Waals surface area (Å²) in [6.07, 6.45) is 3.48. The minimum atomic E-state index is 0.397. The van der Waals surface area contributed by atoms with E-state index in [-0.39, 0.29) is 0 Å². The van der Waals surface area contributed by atoms with E-state index in [1.165, 1.54) is 0 Å². The van der Waals surface area contributed by atoms with Gasteiger partial charge in [0.05, 0.1) is 22.9 Å². The molecule has 0 unspecified atom stereocenters. The second kappa shape index (κ2) is 7.89. The zero-order valence-electron chi connectivity index (χ0n) is 15.8. The molecule has 0 fully saturated rings. The second-order valence-electron chi connectivity index (χ2n) is 6.75. The number of nitrogens with one attached hydrogen (secondary N) is 1. The zero-order chi connectivity index (χ0) is 20.3. The lowest BCUT2D eigenvalue weighted by Crippen LogP contribution is -2.00. The van der Waals surface area contributed by atoms with Crippen molar-refractivity contribution in [3.8, 4) is 11.3 Å². The molecule has 5 rings (SSSR count). The maximum Gasteiger partial charge on any atom is 0.244 e. The third-order valence-corrected chi connectivity index (χ3v) is 4.93. The van der Waals surface area contributed by atoms with Crippen LogP contribution < -0.4 is 5.43 Å². The SMILES string of the molecule is Clc1ccc2c(-c3ccccc3)nc(N/N=C/c3cnc4ccccc4c3)nc2c1. The number of anilines is 1. The monoisotopic (exact) mass is 409 g/mol. The number of fused-ring (bicyclic) bond motifs is 2. The Labute approximate surface area is 178 Å². The van der Waals surface area contributed by atoms with Crippen LogP contribution in [-0.4, -0.2) is 21.2 Å². The Balaban J connectivity index is 1.49. The highest BCUT2D eigenvalue weighted by Gasteiger charge is 2.10. The second-order valence-corrected chi connectivity index (χ2v) is 7.19. The molecule has 0 saturated carbocycles. The van der Waals surface area contributed by atoms with Crippen LogP contribution in [0, 0.1) is 0 Å². The van der Waals surface area contributed by atoms with Crippen molar-refractivity contribution in [2.75, 3.05) is 5.43 Å². The summed E-state index contributed by atoms with van der Waals surface area (Å²) in [5, 5.41) is 6.92. The van der Waals surface area contributed by atoms with Gasteiger partial charge in [0.2, 0.25) is 5.95 Å². The smallest absolute Gasteiger partial charge is 0.244 e. The first-order valence-electron chi connectivity index (χ1n) is 9.43. The minimum Gasteiger partial charge on any atom is -0.256 e. The van der Waals surface area contributed by atoms with Crippen molar-refractivity contribution in [3.63, 3.8) is 0 Å². The quantitative estimate of drug-likeness (QED) is 0.294. The third kappa shape index (κ3) is 3.71. The Hall–Kier alpha value is -3.83. The molecule has 6 heteroatoms. The van der Waals surface area contributed by atoms with Gasteiger partial charge >= 0.3 is 0 Å². The van der Waals surface area contributed by atoms with Crippen LogP contribution in [0.15, 0.2) is 90.2 Å². The Morgan fingerprint density at radius 3 is 2.57 bits per heavy atom. The number of hydrogen-bond donors (Lipinski definition) is 1. The molecule has 2 aromatic heterocycles. The molecule has 2 heterocycles. The van der Waals surface area contributed by atoms with Crippen molar-refractivity contribution in [1.29, 1.82) is 0 Å². The molecule has 0 bridgehead atoms. The maximum atomic E-state index is 6.18. The molecule has 30 heavy (non-hydrogen) atoms. The number of pyridine rings is 1. The number of benzene rings is 3. The zero-order valence-corrected chi connectivity index (χ0v) is 16.6. The summed E-state index contributed by atoms with van der Waals surface area (Å²) in [5.74, 6) is 0.397. The number of aromatic nitrogens is 3. The molecule has 0 aliphatic rings. The number of para-hydroxylation sites is 1. The summed E-state index contributed by atoms with van der Waals surface area (Å²) in [6.45, 7) is 0. The van der Waals surface area contributed by atoms with Gasteiger partial charge in [-0.1, -0.05) is 60.1 Å². The maximum absolute atomic E-state index is 6.18. The van der Waals surface area contributed by atoms with E-state index >= 15 is 0 Å². The van der Waals surface area contributed by atoms with Crippen molar-refractivity contribution in [3.05, 3.63) is 95.6 Å². The lowest BCUT2D eigenvalue weighted by atomic mass is 10.1. The number of nitrogens with zero attached hydrogens (tertiary/aromatic N) is 4. The summed E-state index contributed by atoms with van der Waals surface area (Å²) in [5.41, 5.74) is 7.34. The Morgan fingerprint density at radius 2 is 1.67 bits per heavy atom. The molecule has 144 valence electrons. The first kappa shape index (κ1) is 18.2. The fourth-order valence-electron chi connectivity index (χ4n) is 3.29. The van der Waals surface area contributed by atoms with E-state index in [1.807, 2.05) is 78.9 Å². The fraction of sp³-hybridized carbons (Fsp3) is 0. The molecule has 0 radical (unpaired) electrons. The van der Waals surface area contributed by atoms with Crippen LogP contribution in [0.2, 0.25) is 5.02 Å². The largest absolute Gasteiger partial charge is 0.256 e. The molecule has 0 atom stereocenters. The van der Waals surface area contributed by atoms with Crippen LogP contribution in [-0.2, 0) is 0 Å². The van der Waals surface area contributed by atoms with Crippen molar-refractivity contribution < 1.29 is 0 Å². The Bertz CT molecular complexity index is 1380. The van der Waals surface area contributed by atoms with E-state index in [0.717, 1.165) is 38.6 Å². The molecular formula is C24H16ClN5. The van der Waals surface area contributed by atoms with Gasteiger partial charge in [-0.15, -0.1) is 0 Å². The average molecular weight is 410 g/mol. The van der Waals surface area contributed by atoms with Gasteiger partial charge in [0.15, 0.2) is 0 Å². The van der Waals surface area contributed by atoms with Crippen LogP contribution in [0.4, 0.5) is 5.95 Å². The molecule has 0 aliphatic carbocycles. The van der Waals surface area contributed by atoms with E-state index in [1.54, 1.807) is 12.4 Å². The average Bonchev–Trinajstić information content (AvgIpc) is 2.79.